The van der Waals surface area contributed by atoms with Gasteiger partial charge in [-0.1, -0.05) is 11.4 Å². The zero-order valence-electron chi connectivity index (χ0n) is 10.6. The Labute approximate surface area is 110 Å². The molecule has 2 aromatic rings. The molecule has 0 aliphatic rings. The van der Waals surface area contributed by atoms with Crippen molar-refractivity contribution in [2.75, 3.05) is 13.1 Å². The fourth-order valence-electron chi connectivity index (χ4n) is 1.54. The third-order valence-corrected chi connectivity index (χ3v) is 3.30. The van der Waals surface area contributed by atoms with E-state index in [9.17, 15) is 0 Å². The molecule has 0 aliphatic heterocycles. The van der Waals surface area contributed by atoms with Gasteiger partial charge in [-0.15, -0.1) is 15.3 Å². The zero-order valence-corrected chi connectivity index (χ0v) is 11.5. The second kappa shape index (κ2) is 6.55. The monoisotopic (exact) mass is 267 g/mol. The van der Waals surface area contributed by atoms with Crippen molar-refractivity contribution in [1.82, 2.24) is 25.1 Å². The highest BCUT2D eigenvalue weighted by molar-refractivity contribution is 7.09. The molecule has 98 valence electrons. The highest BCUT2D eigenvalue weighted by atomic mass is 32.1. The normalized spacial score (nSPS) is 11.0. The molecule has 0 saturated carbocycles. The predicted molar refractivity (Wildman–Crippen MR) is 69.4 cm³/mol. The molecule has 0 fully saturated rings. The third-order valence-electron chi connectivity index (χ3n) is 2.48. The Morgan fingerprint density at radius 1 is 1.22 bits per heavy atom. The molecule has 0 amide bonds. The second-order valence-electron chi connectivity index (χ2n) is 4.04. The van der Waals surface area contributed by atoms with Crippen LogP contribution in [-0.2, 0) is 6.42 Å². The summed E-state index contributed by atoms with van der Waals surface area (Å²) in [7, 11) is 0. The first-order chi connectivity index (χ1) is 8.81. The van der Waals surface area contributed by atoms with Crippen LogP contribution in [0.5, 0.6) is 0 Å². The van der Waals surface area contributed by atoms with Crippen molar-refractivity contribution in [3.63, 3.8) is 0 Å². The van der Waals surface area contributed by atoms with Crippen molar-refractivity contribution in [2.45, 2.75) is 33.1 Å². The molecule has 2 rings (SSSR count). The molecule has 0 aromatic carbocycles. The molecular weight excluding hydrogens is 250 g/mol. The number of rotatable bonds is 7. The van der Waals surface area contributed by atoms with Gasteiger partial charge in [0.2, 0.25) is 5.89 Å². The fourth-order valence-corrected chi connectivity index (χ4v) is 2.12. The Morgan fingerprint density at radius 2 is 2.11 bits per heavy atom. The van der Waals surface area contributed by atoms with Crippen LogP contribution in [0.15, 0.2) is 4.42 Å². The van der Waals surface area contributed by atoms with E-state index in [0.717, 1.165) is 42.9 Å². The molecule has 0 saturated heterocycles. The lowest BCUT2D eigenvalue weighted by molar-refractivity contribution is 0.491. The van der Waals surface area contributed by atoms with Gasteiger partial charge in [0.05, 0.1) is 5.69 Å². The summed E-state index contributed by atoms with van der Waals surface area (Å²) >= 11 is 1.28. The molecular formula is C11H17N5OS. The molecule has 1 N–H and O–H groups in total. The number of aromatic nitrogens is 4. The summed E-state index contributed by atoms with van der Waals surface area (Å²) < 4.78 is 9.45. The van der Waals surface area contributed by atoms with Crippen LogP contribution in [0.1, 0.15) is 31.4 Å². The van der Waals surface area contributed by atoms with Crippen molar-refractivity contribution in [2.24, 2.45) is 0 Å². The van der Waals surface area contributed by atoms with Gasteiger partial charge in [-0.25, -0.2) is 0 Å². The largest absolute Gasteiger partial charge is 0.420 e. The van der Waals surface area contributed by atoms with Crippen LogP contribution in [0, 0.1) is 6.92 Å². The maximum absolute atomic E-state index is 5.60. The van der Waals surface area contributed by atoms with E-state index in [2.05, 4.69) is 32.0 Å². The van der Waals surface area contributed by atoms with E-state index in [1.165, 1.54) is 11.5 Å². The number of nitrogens with zero attached hydrogens (tertiary/aromatic N) is 4. The van der Waals surface area contributed by atoms with Crippen molar-refractivity contribution < 1.29 is 4.42 Å². The van der Waals surface area contributed by atoms with Gasteiger partial charge in [0.15, 0.2) is 0 Å². The van der Waals surface area contributed by atoms with Crippen LogP contribution in [0.25, 0.3) is 10.8 Å². The molecule has 18 heavy (non-hydrogen) atoms. The highest BCUT2D eigenvalue weighted by Crippen LogP contribution is 2.24. The maximum Gasteiger partial charge on any atom is 0.261 e. The van der Waals surface area contributed by atoms with Crippen molar-refractivity contribution >= 4 is 11.5 Å². The van der Waals surface area contributed by atoms with E-state index in [-0.39, 0.29) is 0 Å². The fraction of sp³-hybridized carbons (Fsp3) is 0.636. The molecule has 0 radical (unpaired) electrons. The summed E-state index contributed by atoms with van der Waals surface area (Å²) in [6, 6.07) is 0. The average molecular weight is 267 g/mol. The molecule has 7 heteroatoms. The Bertz CT molecular complexity index is 481. The Morgan fingerprint density at radius 3 is 2.83 bits per heavy atom. The van der Waals surface area contributed by atoms with Gasteiger partial charge in [0.1, 0.15) is 4.88 Å². The molecule has 0 atom stereocenters. The van der Waals surface area contributed by atoms with Gasteiger partial charge in [0, 0.05) is 6.42 Å². The standard InChI is InChI=1S/C11H17N5OS/c1-3-6-12-7-4-5-9-14-15-11(17-9)10-8(2)13-16-18-10/h12H,3-7H2,1-2H3. The van der Waals surface area contributed by atoms with E-state index in [1.807, 2.05) is 6.92 Å². The lowest BCUT2D eigenvalue weighted by Crippen LogP contribution is -2.16. The molecule has 2 aromatic heterocycles. The molecule has 0 spiro atoms. The topological polar surface area (TPSA) is 76.7 Å². The molecule has 0 aliphatic carbocycles. The molecule has 2 heterocycles. The SMILES string of the molecule is CCCNCCCc1nnc(-c2snnc2C)o1. The number of hydrogen-bond acceptors (Lipinski definition) is 7. The van der Waals surface area contributed by atoms with E-state index >= 15 is 0 Å². The average Bonchev–Trinajstić information content (AvgIpc) is 2.97. The van der Waals surface area contributed by atoms with Crippen LogP contribution in [-0.4, -0.2) is 32.9 Å². The van der Waals surface area contributed by atoms with E-state index < -0.39 is 0 Å². The van der Waals surface area contributed by atoms with Gasteiger partial charge >= 0.3 is 0 Å². The summed E-state index contributed by atoms with van der Waals surface area (Å²) in [6.45, 7) is 6.08. The Balaban J connectivity index is 1.85. The van der Waals surface area contributed by atoms with Gasteiger partial charge < -0.3 is 9.73 Å². The molecule has 0 unspecified atom stereocenters. The minimum Gasteiger partial charge on any atom is -0.420 e. The van der Waals surface area contributed by atoms with Gasteiger partial charge in [0.25, 0.3) is 5.89 Å². The van der Waals surface area contributed by atoms with Crippen LogP contribution in [0.2, 0.25) is 0 Å². The maximum atomic E-state index is 5.60. The molecule has 6 nitrogen and oxygen atoms in total. The van der Waals surface area contributed by atoms with E-state index in [1.54, 1.807) is 0 Å². The predicted octanol–water partition coefficient (Wildman–Crippen LogP) is 1.83. The van der Waals surface area contributed by atoms with Crippen LogP contribution in [0.4, 0.5) is 0 Å². The van der Waals surface area contributed by atoms with Crippen molar-refractivity contribution in [3.8, 4) is 10.8 Å². The highest BCUT2D eigenvalue weighted by Gasteiger charge is 2.13. The van der Waals surface area contributed by atoms with Crippen LogP contribution >= 0.6 is 11.5 Å². The number of aryl methyl sites for hydroxylation is 2. The van der Waals surface area contributed by atoms with Gasteiger partial charge in [-0.3, -0.25) is 0 Å². The Hall–Kier alpha value is -1.34. The lowest BCUT2D eigenvalue weighted by atomic mass is 10.3. The molecule has 0 bridgehead atoms. The van der Waals surface area contributed by atoms with Crippen molar-refractivity contribution in [3.05, 3.63) is 11.6 Å². The summed E-state index contributed by atoms with van der Waals surface area (Å²) in [5, 5.41) is 15.3. The summed E-state index contributed by atoms with van der Waals surface area (Å²) in [5.41, 5.74) is 0.833. The Kier molecular flexibility index (Phi) is 4.77. The van der Waals surface area contributed by atoms with Gasteiger partial charge in [-0.05, 0) is 44.4 Å². The smallest absolute Gasteiger partial charge is 0.261 e. The van der Waals surface area contributed by atoms with E-state index in [0.29, 0.717) is 11.8 Å². The number of nitrogens with one attached hydrogen (secondary N) is 1. The van der Waals surface area contributed by atoms with Crippen molar-refractivity contribution in [1.29, 1.82) is 0 Å². The quantitative estimate of drug-likeness (QED) is 0.771. The van der Waals surface area contributed by atoms with Gasteiger partial charge in [-0.2, -0.15) is 0 Å². The zero-order chi connectivity index (χ0) is 12.8. The third kappa shape index (κ3) is 3.33. The summed E-state index contributed by atoms with van der Waals surface area (Å²) in [4.78, 5) is 0.859. The first-order valence-corrected chi connectivity index (χ1v) is 6.91. The second-order valence-corrected chi connectivity index (χ2v) is 4.80. The van der Waals surface area contributed by atoms with Crippen LogP contribution in [0.3, 0.4) is 0 Å². The van der Waals surface area contributed by atoms with Crippen LogP contribution < -0.4 is 5.32 Å². The minimum absolute atomic E-state index is 0.527. The van der Waals surface area contributed by atoms with E-state index in [4.69, 9.17) is 4.42 Å². The first-order valence-electron chi connectivity index (χ1n) is 6.13. The summed E-state index contributed by atoms with van der Waals surface area (Å²) in [5.74, 6) is 1.20. The lowest BCUT2D eigenvalue weighted by Gasteiger charge is -1.99. The first kappa shape index (κ1) is 13.1. The summed E-state index contributed by atoms with van der Waals surface area (Å²) in [6.07, 6.45) is 2.96. The minimum atomic E-state index is 0.527. The number of hydrogen-bond donors (Lipinski definition) is 1.